The Morgan fingerprint density at radius 1 is 1.38 bits per heavy atom. The van der Waals surface area contributed by atoms with Crippen LogP contribution in [-0.2, 0) is 0 Å². The molecule has 0 saturated heterocycles. The van der Waals surface area contributed by atoms with Crippen molar-refractivity contribution in [2.45, 2.75) is 19.8 Å². The molecule has 0 radical (unpaired) electrons. The first kappa shape index (κ1) is 8.57. The molecule has 13 heavy (non-hydrogen) atoms. The van der Waals surface area contributed by atoms with E-state index in [0.717, 1.165) is 21.6 Å². The number of aromatic nitrogens is 2. The van der Waals surface area contributed by atoms with Crippen molar-refractivity contribution in [3.8, 4) is 0 Å². The molecule has 1 heterocycles. The highest BCUT2D eigenvalue weighted by Gasteiger charge is 2.10. The third kappa shape index (κ3) is 1.31. The second-order valence-electron chi connectivity index (χ2n) is 3.43. The third-order valence-electron chi connectivity index (χ3n) is 2.14. The van der Waals surface area contributed by atoms with Crippen LogP contribution >= 0.6 is 11.6 Å². The van der Waals surface area contributed by atoms with Gasteiger partial charge in [0, 0.05) is 11.1 Å². The van der Waals surface area contributed by atoms with Crippen LogP contribution in [0.4, 0.5) is 0 Å². The number of benzene rings is 1. The quantitative estimate of drug-likeness (QED) is 0.741. The van der Waals surface area contributed by atoms with Crippen molar-refractivity contribution in [2.75, 3.05) is 0 Å². The molecule has 2 rings (SSSR count). The summed E-state index contributed by atoms with van der Waals surface area (Å²) in [5.74, 6) is 0.421. The summed E-state index contributed by atoms with van der Waals surface area (Å²) in [5, 5.41) is 9.04. The number of hydrogen-bond donors (Lipinski definition) is 1. The van der Waals surface area contributed by atoms with Gasteiger partial charge in [-0.05, 0) is 18.1 Å². The number of nitrogens with zero attached hydrogens (tertiary/aromatic N) is 1. The molecular formula is C10H11ClN2. The fraction of sp³-hybridized carbons (Fsp3) is 0.300. The molecule has 0 fully saturated rings. The van der Waals surface area contributed by atoms with Crippen LogP contribution in [0, 0.1) is 0 Å². The molecule has 0 unspecified atom stereocenters. The molecule has 0 aliphatic rings. The minimum absolute atomic E-state index is 0.421. The zero-order valence-corrected chi connectivity index (χ0v) is 8.39. The van der Waals surface area contributed by atoms with Crippen LogP contribution in [0.15, 0.2) is 18.2 Å². The molecule has 1 aromatic heterocycles. The van der Waals surface area contributed by atoms with Gasteiger partial charge >= 0.3 is 0 Å². The summed E-state index contributed by atoms with van der Waals surface area (Å²) in [5.41, 5.74) is 2.05. The second-order valence-corrected chi connectivity index (χ2v) is 3.83. The number of nitrogens with one attached hydrogen (secondary N) is 1. The minimum atomic E-state index is 0.421. The summed E-state index contributed by atoms with van der Waals surface area (Å²) in [6, 6.07) is 5.77. The van der Waals surface area contributed by atoms with Crippen molar-refractivity contribution in [1.82, 2.24) is 10.2 Å². The summed E-state index contributed by atoms with van der Waals surface area (Å²) in [6.07, 6.45) is 0. The predicted octanol–water partition coefficient (Wildman–Crippen LogP) is 3.34. The summed E-state index contributed by atoms with van der Waals surface area (Å²) >= 11 is 6.09. The predicted molar refractivity (Wildman–Crippen MR) is 55.2 cm³/mol. The summed E-state index contributed by atoms with van der Waals surface area (Å²) < 4.78 is 0. The first-order chi connectivity index (χ1) is 6.20. The van der Waals surface area contributed by atoms with Gasteiger partial charge in [0.1, 0.15) is 0 Å². The maximum Gasteiger partial charge on any atom is 0.0938 e. The number of rotatable bonds is 1. The molecule has 3 heteroatoms. The van der Waals surface area contributed by atoms with E-state index in [2.05, 4.69) is 24.0 Å². The third-order valence-corrected chi connectivity index (χ3v) is 2.45. The van der Waals surface area contributed by atoms with E-state index in [1.807, 2.05) is 18.2 Å². The molecule has 0 saturated carbocycles. The number of fused-ring (bicyclic) bond motifs is 1. The SMILES string of the molecule is CC(C)c1[nH]nc2cccc(Cl)c12. The van der Waals surface area contributed by atoms with Crippen molar-refractivity contribution in [2.24, 2.45) is 0 Å². The van der Waals surface area contributed by atoms with E-state index in [4.69, 9.17) is 11.6 Å². The van der Waals surface area contributed by atoms with Gasteiger partial charge in [0.25, 0.3) is 0 Å². The number of H-pyrrole nitrogens is 1. The summed E-state index contributed by atoms with van der Waals surface area (Å²) in [6.45, 7) is 4.24. The zero-order valence-electron chi connectivity index (χ0n) is 7.63. The van der Waals surface area contributed by atoms with Gasteiger partial charge in [-0.3, -0.25) is 5.10 Å². The Morgan fingerprint density at radius 3 is 2.85 bits per heavy atom. The molecule has 0 aliphatic heterocycles. The van der Waals surface area contributed by atoms with Gasteiger partial charge in [0.05, 0.1) is 10.5 Å². The van der Waals surface area contributed by atoms with Gasteiger partial charge in [0.15, 0.2) is 0 Å². The normalized spacial score (nSPS) is 11.4. The Bertz CT molecular complexity index is 431. The molecule has 0 atom stereocenters. The van der Waals surface area contributed by atoms with Crippen LogP contribution in [0.5, 0.6) is 0 Å². The molecule has 0 amide bonds. The number of aromatic amines is 1. The van der Waals surface area contributed by atoms with E-state index in [9.17, 15) is 0 Å². The average Bonchev–Trinajstić information content (AvgIpc) is 2.49. The average molecular weight is 195 g/mol. The highest BCUT2D eigenvalue weighted by Crippen LogP contribution is 2.28. The molecule has 0 aliphatic carbocycles. The Kier molecular flexibility index (Phi) is 2.00. The minimum Gasteiger partial charge on any atom is -0.281 e. The highest BCUT2D eigenvalue weighted by molar-refractivity contribution is 6.35. The van der Waals surface area contributed by atoms with E-state index in [0.29, 0.717) is 5.92 Å². The van der Waals surface area contributed by atoms with Crippen LogP contribution in [0.2, 0.25) is 5.02 Å². The lowest BCUT2D eigenvalue weighted by molar-refractivity contribution is 0.818. The maximum absolute atomic E-state index is 6.09. The molecule has 2 nitrogen and oxygen atoms in total. The molecule has 0 bridgehead atoms. The van der Waals surface area contributed by atoms with Gasteiger partial charge < -0.3 is 0 Å². The van der Waals surface area contributed by atoms with Crippen LogP contribution in [0.3, 0.4) is 0 Å². The lowest BCUT2D eigenvalue weighted by Crippen LogP contribution is -1.87. The Labute approximate surface area is 81.9 Å². The highest BCUT2D eigenvalue weighted by atomic mass is 35.5. The van der Waals surface area contributed by atoms with Crippen LogP contribution in [-0.4, -0.2) is 10.2 Å². The van der Waals surface area contributed by atoms with Crippen molar-refractivity contribution >= 4 is 22.5 Å². The second kappa shape index (κ2) is 3.04. The Morgan fingerprint density at radius 2 is 2.15 bits per heavy atom. The van der Waals surface area contributed by atoms with E-state index in [1.165, 1.54) is 0 Å². The van der Waals surface area contributed by atoms with Crippen LogP contribution in [0.25, 0.3) is 10.9 Å². The molecule has 0 spiro atoms. The van der Waals surface area contributed by atoms with Gasteiger partial charge in [-0.25, -0.2) is 0 Å². The van der Waals surface area contributed by atoms with Gasteiger partial charge in [-0.1, -0.05) is 31.5 Å². The van der Waals surface area contributed by atoms with Crippen molar-refractivity contribution in [3.05, 3.63) is 28.9 Å². The summed E-state index contributed by atoms with van der Waals surface area (Å²) in [7, 11) is 0. The van der Waals surface area contributed by atoms with Gasteiger partial charge in [0.2, 0.25) is 0 Å². The van der Waals surface area contributed by atoms with Crippen molar-refractivity contribution in [3.63, 3.8) is 0 Å². The largest absolute Gasteiger partial charge is 0.281 e. The molecule has 68 valence electrons. The Balaban J connectivity index is 2.79. The fourth-order valence-corrected chi connectivity index (χ4v) is 1.74. The Hall–Kier alpha value is -1.02. The topological polar surface area (TPSA) is 28.7 Å². The van der Waals surface area contributed by atoms with E-state index >= 15 is 0 Å². The van der Waals surface area contributed by atoms with Crippen molar-refractivity contribution < 1.29 is 0 Å². The van der Waals surface area contributed by atoms with E-state index in [-0.39, 0.29) is 0 Å². The lowest BCUT2D eigenvalue weighted by Gasteiger charge is -2.01. The lowest BCUT2D eigenvalue weighted by atomic mass is 10.1. The monoisotopic (exact) mass is 194 g/mol. The first-order valence-corrected chi connectivity index (χ1v) is 4.70. The first-order valence-electron chi connectivity index (χ1n) is 4.32. The standard InChI is InChI=1S/C10H11ClN2/c1-6(2)10-9-7(11)4-3-5-8(9)12-13-10/h3-6H,1-2H3,(H,12,13). The zero-order chi connectivity index (χ0) is 9.42. The van der Waals surface area contributed by atoms with E-state index in [1.54, 1.807) is 0 Å². The van der Waals surface area contributed by atoms with Crippen LogP contribution in [0.1, 0.15) is 25.5 Å². The smallest absolute Gasteiger partial charge is 0.0938 e. The number of halogens is 1. The molecule has 2 aromatic rings. The molecule has 1 N–H and O–H groups in total. The van der Waals surface area contributed by atoms with Crippen LogP contribution < -0.4 is 0 Å². The summed E-state index contributed by atoms with van der Waals surface area (Å²) in [4.78, 5) is 0. The maximum atomic E-state index is 6.09. The number of hydrogen-bond acceptors (Lipinski definition) is 1. The van der Waals surface area contributed by atoms with Gasteiger partial charge in [-0.15, -0.1) is 0 Å². The van der Waals surface area contributed by atoms with Crippen molar-refractivity contribution in [1.29, 1.82) is 0 Å². The molecular weight excluding hydrogens is 184 g/mol. The fourth-order valence-electron chi connectivity index (χ4n) is 1.47. The molecule has 1 aromatic carbocycles. The van der Waals surface area contributed by atoms with Gasteiger partial charge in [-0.2, -0.15) is 5.10 Å². The van der Waals surface area contributed by atoms with E-state index < -0.39 is 0 Å².